The molecule has 1 heterocycles. The maximum atomic E-state index is 5.87. The smallest absolute Gasteiger partial charge is 0.124 e. The zero-order chi connectivity index (χ0) is 10.7. The Bertz CT molecular complexity index is 332. The average Bonchev–Trinajstić information content (AvgIpc) is 2.71. The second kappa shape index (κ2) is 4.64. The third kappa shape index (κ3) is 2.49. The van der Waals surface area contributed by atoms with Crippen LogP contribution in [0.4, 0.5) is 0 Å². The summed E-state index contributed by atoms with van der Waals surface area (Å²) in [5, 5.41) is 0. The summed E-state index contributed by atoms with van der Waals surface area (Å²) in [6, 6.07) is 6.13. The summed E-state index contributed by atoms with van der Waals surface area (Å²) in [6.07, 6.45) is 1.16. The van der Waals surface area contributed by atoms with Gasteiger partial charge in [0.05, 0.1) is 13.2 Å². The maximum absolute atomic E-state index is 5.87. The minimum absolute atomic E-state index is 0.192. The van der Waals surface area contributed by atoms with Gasteiger partial charge < -0.3 is 15.2 Å². The highest BCUT2D eigenvalue weighted by molar-refractivity contribution is 5.37. The molecule has 82 valence electrons. The van der Waals surface area contributed by atoms with Crippen LogP contribution < -0.4 is 10.5 Å². The van der Waals surface area contributed by atoms with Crippen LogP contribution >= 0.6 is 0 Å². The van der Waals surface area contributed by atoms with Crippen LogP contribution in [0.1, 0.15) is 17.5 Å². The molecule has 0 aliphatic carbocycles. The molecule has 15 heavy (non-hydrogen) atoms. The minimum atomic E-state index is 0.192. The van der Waals surface area contributed by atoms with E-state index in [0.29, 0.717) is 13.2 Å². The molecule has 1 atom stereocenters. The Labute approximate surface area is 90.2 Å². The molecule has 1 fully saturated rings. The lowest BCUT2D eigenvalue weighted by Crippen LogP contribution is -2.17. The van der Waals surface area contributed by atoms with Crippen molar-refractivity contribution in [2.45, 2.75) is 26.0 Å². The Kier molecular flexibility index (Phi) is 3.23. The second-order valence-electron chi connectivity index (χ2n) is 3.92. The topological polar surface area (TPSA) is 44.5 Å². The van der Waals surface area contributed by atoms with Crippen LogP contribution in [-0.4, -0.2) is 19.3 Å². The van der Waals surface area contributed by atoms with Crippen LogP contribution in [0.3, 0.4) is 0 Å². The Morgan fingerprint density at radius 2 is 2.40 bits per heavy atom. The zero-order valence-corrected chi connectivity index (χ0v) is 9.03. The molecule has 1 aliphatic rings. The quantitative estimate of drug-likeness (QED) is 0.819. The molecule has 0 saturated carbocycles. The summed E-state index contributed by atoms with van der Waals surface area (Å²) < 4.78 is 11.1. The fourth-order valence-corrected chi connectivity index (χ4v) is 1.73. The van der Waals surface area contributed by atoms with Crippen LogP contribution in [-0.2, 0) is 11.3 Å². The number of nitrogens with two attached hydrogens (primary N) is 1. The molecule has 2 rings (SSSR count). The van der Waals surface area contributed by atoms with E-state index in [1.807, 2.05) is 12.1 Å². The van der Waals surface area contributed by atoms with Crippen molar-refractivity contribution in [1.82, 2.24) is 0 Å². The van der Waals surface area contributed by atoms with Gasteiger partial charge in [0.15, 0.2) is 0 Å². The van der Waals surface area contributed by atoms with Gasteiger partial charge in [0.25, 0.3) is 0 Å². The van der Waals surface area contributed by atoms with Crippen molar-refractivity contribution < 1.29 is 9.47 Å². The maximum Gasteiger partial charge on any atom is 0.124 e. The third-order valence-corrected chi connectivity index (χ3v) is 2.62. The molecular formula is C12H17NO2. The van der Waals surface area contributed by atoms with E-state index in [1.165, 1.54) is 5.56 Å². The number of hydrogen-bond acceptors (Lipinski definition) is 3. The minimum Gasteiger partial charge on any atom is -0.488 e. The first kappa shape index (κ1) is 10.5. The van der Waals surface area contributed by atoms with Crippen molar-refractivity contribution in [1.29, 1.82) is 0 Å². The van der Waals surface area contributed by atoms with E-state index < -0.39 is 0 Å². The highest BCUT2D eigenvalue weighted by atomic mass is 16.5. The Balaban J connectivity index is 2.14. The van der Waals surface area contributed by atoms with Crippen molar-refractivity contribution in [3.8, 4) is 5.75 Å². The van der Waals surface area contributed by atoms with E-state index in [1.54, 1.807) is 0 Å². The van der Waals surface area contributed by atoms with Crippen molar-refractivity contribution in [3.05, 3.63) is 29.3 Å². The van der Waals surface area contributed by atoms with Gasteiger partial charge in [-0.2, -0.15) is 0 Å². The van der Waals surface area contributed by atoms with Gasteiger partial charge in [-0.05, 0) is 18.6 Å². The van der Waals surface area contributed by atoms with E-state index in [9.17, 15) is 0 Å². The van der Waals surface area contributed by atoms with Crippen molar-refractivity contribution in [3.63, 3.8) is 0 Å². The fraction of sp³-hybridized carbons (Fsp3) is 0.500. The molecule has 0 aromatic heterocycles. The Morgan fingerprint density at radius 3 is 3.07 bits per heavy atom. The normalized spacial score (nSPS) is 20.5. The van der Waals surface area contributed by atoms with Gasteiger partial charge in [0.1, 0.15) is 11.9 Å². The number of ether oxygens (including phenoxy) is 2. The predicted molar refractivity (Wildman–Crippen MR) is 58.9 cm³/mol. The number of benzene rings is 1. The summed E-state index contributed by atoms with van der Waals surface area (Å²) in [5.74, 6) is 0.910. The van der Waals surface area contributed by atoms with E-state index in [0.717, 1.165) is 24.3 Å². The Hall–Kier alpha value is -1.06. The van der Waals surface area contributed by atoms with Gasteiger partial charge in [0.2, 0.25) is 0 Å². The van der Waals surface area contributed by atoms with Crippen LogP contribution in [0.5, 0.6) is 5.75 Å². The van der Waals surface area contributed by atoms with Crippen molar-refractivity contribution >= 4 is 0 Å². The largest absolute Gasteiger partial charge is 0.488 e. The lowest BCUT2D eigenvalue weighted by Gasteiger charge is -2.15. The molecule has 1 aromatic rings. The molecular weight excluding hydrogens is 190 g/mol. The highest BCUT2D eigenvalue weighted by Gasteiger charge is 2.18. The van der Waals surface area contributed by atoms with Gasteiger partial charge >= 0.3 is 0 Å². The average molecular weight is 207 g/mol. The van der Waals surface area contributed by atoms with E-state index in [4.69, 9.17) is 15.2 Å². The summed E-state index contributed by atoms with van der Waals surface area (Å²) in [7, 11) is 0. The molecule has 1 aromatic carbocycles. The molecule has 2 N–H and O–H groups in total. The predicted octanol–water partition coefficient (Wildman–Crippen LogP) is 1.62. The van der Waals surface area contributed by atoms with E-state index >= 15 is 0 Å². The zero-order valence-electron chi connectivity index (χ0n) is 9.03. The van der Waals surface area contributed by atoms with Gasteiger partial charge in [-0.25, -0.2) is 0 Å². The standard InChI is InChI=1S/C12H17NO2/c1-9-2-3-10(7-13)12(6-9)15-11-4-5-14-8-11/h2-3,6,11H,4-5,7-8,13H2,1H3/t11-/m1/s1. The monoisotopic (exact) mass is 207 g/mol. The lowest BCUT2D eigenvalue weighted by atomic mass is 10.1. The van der Waals surface area contributed by atoms with Crippen LogP contribution in [0, 0.1) is 6.92 Å². The molecule has 0 spiro atoms. The summed E-state index contributed by atoms with van der Waals surface area (Å²) in [5.41, 5.74) is 7.92. The van der Waals surface area contributed by atoms with E-state index in [-0.39, 0.29) is 6.10 Å². The van der Waals surface area contributed by atoms with Gasteiger partial charge in [-0.3, -0.25) is 0 Å². The van der Waals surface area contributed by atoms with E-state index in [2.05, 4.69) is 13.0 Å². The van der Waals surface area contributed by atoms with Crippen LogP contribution in [0.2, 0.25) is 0 Å². The lowest BCUT2D eigenvalue weighted by molar-refractivity contribution is 0.140. The van der Waals surface area contributed by atoms with Gasteiger partial charge in [-0.15, -0.1) is 0 Å². The fourth-order valence-electron chi connectivity index (χ4n) is 1.73. The van der Waals surface area contributed by atoms with Crippen LogP contribution in [0.15, 0.2) is 18.2 Å². The molecule has 0 radical (unpaired) electrons. The summed E-state index contributed by atoms with van der Waals surface area (Å²) in [6.45, 7) is 4.06. The van der Waals surface area contributed by atoms with Crippen molar-refractivity contribution in [2.24, 2.45) is 5.73 Å². The summed E-state index contributed by atoms with van der Waals surface area (Å²) in [4.78, 5) is 0. The highest BCUT2D eigenvalue weighted by Crippen LogP contribution is 2.23. The first-order valence-electron chi connectivity index (χ1n) is 5.33. The molecule has 1 saturated heterocycles. The SMILES string of the molecule is Cc1ccc(CN)c(O[C@@H]2CCOC2)c1. The molecule has 3 heteroatoms. The van der Waals surface area contributed by atoms with Gasteiger partial charge in [0, 0.05) is 18.5 Å². The van der Waals surface area contributed by atoms with Crippen LogP contribution in [0.25, 0.3) is 0 Å². The second-order valence-corrected chi connectivity index (χ2v) is 3.92. The number of hydrogen-bond donors (Lipinski definition) is 1. The molecule has 1 aliphatic heterocycles. The molecule has 0 amide bonds. The molecule has 3 nitrogen and oxygen atoms in total. The van der Waals surface area contributed by atoms with Crippen molar-refractivity contribution in [2.75, 3.05) is 13.2 Å². The molecule has 0 bridgehead atoms. The first-order valence-corrected chi connectivity index (χ1v) is 5.33. The third-order valence-electron chi connectivity index (χ3n) is 2.62. The number of aryl methyl sites for hydroxylation is 1. The first-order chi connectivity index (χ1) is 7.29. The van der Waals surface area contributed by atoms with Gasteiger partial charge in [-0.1, -0.05) is 12.1 Å². The molecule has 0 unspecified atom stereocenters. The summed E-state index contributed by atoms with van der Waals surface area (Å²) >= 11 is 0. The number of rotatable bonds is 3. The Morgan fingerprint density at radius 1 is 1.53 bits per heavy atom.